The van der Waals surface area contributed by atoms with Crippen LogP contribution in [0.2, 0.25) is 0 Å². The maximum absolute atomic E-state index is 10.5. The van der Waals surface area contributed by atoms with Crippen LogP contribution in [-0.4, -0.2) is 18.6 Å². The highest BCUT2D eigenvalue weighted by molar-refractivity contribution is 5.74. The van der Waals surface area contributed by atoms with E-state index in [1.807, 2.05) is 12.1 Å². The van der Waals surface area contributed by atoms with Crippen LogP contribution in [0.5, 0.6) is 5.75 Å². The third kappa shape index (κ3) is 2.61. The van der Waals surface area contributed by atoms with Gasteiger partial charge in [-0.05, 0) is 50.6 Å². The Labute approximate surface area is 95.8 Å². The van der Waals surface area contributed by atoms with Crippen molar-refractivity contribution in [1.82, 2.24) is 5.32 Å². The zero-order valence-electron chi connectivity index (χ0n) is 9.53. The molecule has 86 valence electrons. The fraction of sp³-hybridized carbons (Fsp3) is 0.462. The smallest absolute Gasteiger partial charge is 0.158 e. The molecule has 1 saturated heterocycles. The number of rotatable bonds is 3. The van der Waals surface area contributed by atoms with Gasteiger partial charge < -0.3 is 4.74 Å². The van der Waals surface area contributed by atoms with Crippen LogP contribution in [0.25, 0.3) is 0 Å². The van der Waals surface area contributed by atoms with Gasteiger partial charge in [0.05, 0.1) is 0 Å². The van der Waals surface area contributed by atoms with Crippen molar-refractivity contribution >= 4 is 6.29 Å². The van der Waals surface area contributed by atoms with Gasteiger partial charge in [0.2, 0.25) is 0 Å². The third-order valence-electron chi connectivity index (χ3n) is 2.94. The van der Waals surface area contributed by atoms with E-state index >= 15 is 0 Å². The Bertz CT molecular complexity index is 353. The summed E-state index contributed by atoms with van der Waals surface area (Å²) in [5.41, 5.74) is 0.412. The van der Waals surface area contributed by atoms with E-state index in [0.29, 0.717) is 5.56 Å². The average molecular weight is 219 g/mol. The molecule has 1 N–H and O–H groups in total. The maximum Gasteiger partial charge on any atom is 0.158 e. The number of ether oxygens (including phenoxy) is 1. The second-order valence-corrected chi connectivity index (χ2v) is 4.40. The quantitative estimate of drug-likeness (QED) is 0.793. The van der Waals surface area contributed by atoms with Crippen LogP contribution in [0.1, 0.15) is 36.5 Å². The summed E-state index contributed by atoms with van der Waals surface area (Å²) in [6, 6.07) is 7.22. The molecule has 3 heteroatoms. The monoisotopic (exact) mass is 219 g/mol. The number of carbonyl (C=O) groups excluding carboxylic acids is 1. The number of aldehydes is 1. The van der Waals surface area contributed by atoms with Crippen LogP contribution in [-0.2, 0) is 0 Å². The molecular weight excluding hydrogens is 202 g/mol. The minimum absolute atomic E-state index is 0.263. The number of hydrogen-bond donors (Lipinski definition) is 1. The first-order chi connectivity index (χ1) is 7.72. The Hall–Kier alpha value is -1.35. The summed E-state index contributed by atoms with van der Waals surface area (Å²) in [5.74, 6) is 0.808. The summed E-state index contributed by atoms with van der Waals surface area (Å²) in [6.45, 7) is 3.07. The SMILES string of the molecule is C[C@@]1(Oc2ccc(C=O)cc2)CCCCN1. The van der Waals surface area contributed by atoms with Crippen molar-refractivity contribution in [1.29, 1.82) is 0 Å². The van der Waals surface area contributed by atoms with Gasteiger partial charge in [0, 0.05) is 12.0 Å². The number of piperidine rings is 1. The van der Waals surface area contributed by atoms with Gasteiger partial charge in [0.1, 0.15) is 12.0 Å². The fourth-order valence-corrected chi connectivity index (χ4v) is 1.99. The van der Waals surface area contributed by atoms with E-state index in [9.17, 15) is 4.79 Å². The second-order valence-electron chi connectivity index (χ2n) is 4.40. The number of nitrogens with one attached hydrogen (secondary N) is 1. The topological polar surface area (TPSA) is 38.3 Å². The molecule has 1 atom stereocenters. The first kappa shape index (κ1) is 11.1. The third-order valence-corrected chi connectivity index (χ3v) is 2.94. The van der Waals surface area contributed by atoms with Gasteiger partial charge in [0.15, 0.2) is 5.72 Å². The van der Waals surface area contributed by atoms with E-state index < -0.39 is 0 Å². The summed E-state index contributed by atoms with van der Waals surface area (Å²) in [7, 11) is 0. The Kier molecular flexibility index (Phi) is 3.25. The van der Waals surface area contributed by atoms with Crippen molar-refractivity contribution in [2.75, 3.05) is 6.54 Å². The highest BCUT2D eigenvalue weighted by atomic mass is 16.5. The summed E-state index contributed by atoms with van der Waals surface area (Å²) < 4.78 is 5.92. The highest BCUT2D eigenvalue weighted by Gasteiger charge is 2.27. The number of benzene rings is 1. The summed E-state index contributed by atoms with van der Waals surface area (Å²) >= 11 is 0. The van der Waals surface area contributed by atoms with E-state index in [0.717, 1.165) is 25.0 Å². The first-order valence-corrected chi connectivity index (χ1v) is 5.71. The first-order valence-electron chi connectivity index (χ1n) is 5.71. The maximum atomic E-state index is 10.5. The normalized spacial score (nSPS) is 25.1. The summed E-state index contributed by atoms with van der Waals surface area (Å²) in [5, 5.41) is 3.38. The zero-order valence-corrected chi connectivity index (χ0v) is 9.53. The predicted molar refractivity (Wildman–Crippen MR) is 62.7 cm³/mol. The molecule has 0 radical (unpaired) electrons. The zero-order chi connectivity index (χ0) is 11.4. The molecule has 0 amide bonds. The molecule has 0 aliphatic carbocycles. The van der Waals surface area contributed by atoms with Crippen molar-refractivity contribution in [3.8, 4) is 5.75 Å². The molecule has 0 bridgehead atoms. The minimum atomic E-state index is -0.263. The highest BCUT2D eigenvalue weighted by Crippen LogP contribution is 2.23. The Balaban J connectivity index is 2.04. The van der Waals surface area contributed by atoms with Crippen LogP contribution < -0.4 is 10.1 Å². The van der Waals surface area contributed by atoms with Gasteiger partial charge in [-0.15, -0.1) is 0 Å². The number of carbonyl (C=O) groups is 1. The van der Waals surface area contributed by atoms with Crippen LogP contribution in [0.3, 0.4) is 0 Å². The lowest BCUT2D eigenvalue weighted by Gasteiger charge is -2.35. The Morgan fingerprint density at radius 1 is 1.31 bits per heavy atom. The van der Waals surface area contributed by atoms with E-state index in [1.54, 1.807) is 12.1 Å². The average Bonchev–Trinajstić information content (AvgIpc) is 2.30. The molecule has 1 heterocycles. The van der Waals surface area contributed by atoms with Crippen LogP contribution in [0.4, 0.5) is 0 Å². The lowest BCUT2D eigenvalue weighted by atomic mass is 10.0. The minimum Gasteiger partial charge on any atom is -0.473 e. The van der Waals surface area contributed by atoms with Gasteiger partial charge >= 0.3 is 0 Å². The lowest BCUT2D eigenvalue weighted by Crippen LogP contribution is -2.50. The molecule has 1 aliphatic rings. The van der Waals surface area contributed by atoms with Crippen molar-refractivity contribution in [3.63, 3.8) is 0 Å². The molecule has 1 aliphatic heterocycles. The van der Waals surface area contributed by atoms with Crippen LogP contribution in [0.15, 0.2) is 24.3 Å². The van der Waals surface area contributed by atoms with Crippen LogP contribution in [0, 0.1) is 0 Å². The van der Waals surface area contributed by atoms with Crippen molar-refractivity contribution in [3.05, 3.63) is 29.8 Å². The summed E-state index contributed by atoms with van der Waals surface area (Å²) in [6.07, 6.45) is 4.26. The molecule has 16 heavy (non-hydrogen) atoms. The van der Waals surface area contributed by atoms with Crippen molar-refractivity contribution < 1.29 is 9.53 Å². The van der Waals surface area contributed by atoms with Gasteiger partial charge in [-0.25, -0.2) is 0 Å². The lowest BCUT2D eigenvalue weighted by molar-refractivity contribution is 0.0255. The standard InChI is InChI=1S/C13H17NO2/c1-13(8-2-3-9-14-13)16-12-6-4-11(10-15)5-7-12/h4-7,10,14H,2-3,8-9H2,1H3/t13-/m1/s1. The van der Waals surface area contributed by atoms with Gasteiger partial charge in [-0.2, -0.15) is 0 Å². The van der Waals surface area contributed by atoms with E-state index in [-0.39, 0.29) is 5.72 Å². The second kappa shape index (κ2) is 4.66. The molecular formula is C13H17NO2. The molecule has 0 unspecified atom stereocenters. The molecule has 0 saturated carbocycles. The van der Waals surface area contributed by atoms with Crippen molar-refractivity contribution in [2.24, 2.45) is 0 Å². The van der Waals surface area contributed by atoms with Crippen LogP contribution >= 0.6 is 0 Å². The number of hydrogen-bond acceptors (Lipinski definition) is 3. The van der Waals surface area contributed by atoms with Gasteiger partial charge in [-0.3, -0.25) is 10.1 Å². The van der Waals surface area contributed by atoms with E-state index in [2.05, 4.69) is 12.2 Å². The fourth-order valence-electron chi connectivity index (χ4n) is 1.99. The Morgan fingerprint density at radius 3 is 2.62 bits per heavy atom. The van der Waals surface area contributed by atoms with E-state index in [4.69, 9.17) is 4.74 Å². The molecule has 1 aromatic carbocycles. The molecule has 0 spiro atoms. The van der Waals surface area contributed by atoms with E-state index in [1.165, 1.54) is 12.8 Å². The largest absolute Gasteiger partial charge is 0.473 e. The van der Waals surface area contributed by atoms with Gasteiger partial charge in [0.25, 0.3) is 0 Å². The van der Waals surface area contributed by atoms with Crippen molar-refractivity contribution in [2.45, 2.75) is 31.9 Å². The molecule has 1 fully saturated rings. The molecule has 1 aromatic rings. The summed E-state index contributed by atoms with van der Waals surface area (Å²) in [4.78, 5) is 10.5. The molecule has 2 rings (SSSR count). The van der Waals surface area contributed by atoms with Gasteiger partial charge in [-0.1, -0.05) is 0 Å². The molecule has 3 nitrogen and oxygen atoms in total. The molecule has 0 aromatic heterocycles. The Morgan fingerprint density at radius 2 is 2.06 bits per heavy atom. The predicted octanol–water partition coefficient (Wildman–Crippen LogP) is 2.37.